The first-order valence-electron chi connectivity index (χ1n) is 9.81. The molecule has 1 atom stereocenters. The van der Waals surface area contributed by atoms with E-state index in [-0.39, 0.29) is 4.90 Å². The van der Waals surface area contributed by atoms with Gasteiger partial charge in [-0.1, -0.05) is 5.16 Å². The molecule has 0 aliphatic heterocycles. The molecule has 11 heteroatoms. The van der Waals surface area contributed by atoms with Gasteiger partial charge in [-0.05, 0) is 69.3 Å². The van der Waals surface area contributed by atoms with Crippen LogP contribution in [-0.4, -0.2) is 35.4 Å². The van der Waals surface area contributed by atoms with Crippen LogP contribution < -0.4 is 9.46 Å². The van der Waals surface area contributed by atoms with Crippen LogP contribution in [0.3, 0.4) is 0 Å². The highest BCUT2D eigenvalue weighted by Crippen LogP contribution is 2.32. The topological polar surface area (TPSA) is 119 Å². The van der Waals surface area contributed by atoms with Crippen LogP contribution in [0.2, 0.25) is 0 Å². The smallest absolute Gasteiger partial charge is 0.323 e. The van der Waals surface area contributed by atoms with E-state index in [0.29, 0.717) is 28.7 Å². The van der Waals surface area contributed by atoms with E-state index < -0.39 is 32.6 Å². The van der Waals surface area contributed by atoms with E-state index in [4.69, 9.17) is 9.26 Å². The molecule has 176 valence electrons. The maximum atomic E-state index is 13.0. The van der Waals surface area contributed by atoms with Gasteiger partial charge in [-0.2, -0.15) is 4.72 Å². The fraction of sp³-hybridized carbons (Fsp3) is 0.273. The SMILES string of the molecule is Cc1cc(CSC(C)(C)[C@@H](NS(=O)(=O)c2ccc(Oc3ccc(F)cc3)cc2)C(=O)O)no1. The average molecular weight is 495 g/mol. The number of aliphatic carboxylic acids is 1. The Kier molecular flexibility index (Phi) is 7.45. The van der Waals surface area contributed by atoms with E-state index in [9.17, 15) is 22.7 Å². The molecule has 0 unspecified atom stereocenters. The Morgan fingerprint density at radius 2 is 1.76 bits per heavy atom. The van der Waals surface area contributed by atoms with Crippen molar-refractivity contribution in [3.8, 4) is 11.5 Å². The van der Waals surface area contributed by atoms with Gasteiger partial charge in [0, 0.05) is 16.6 Å². The van der Waals surface area contributed by atoms with E-state index in [1.54, 1.807) is 26.8 Å². The third kappa shape index (κ3) is 6.56. The molecule has 2 aromatic carbocycles. The largest absolute Gasteiger partial charge is 0.480 e. The summed E-state index contributed by atoms with van der Waals surface area (Å²) in [6.45, 7) is 5.04. The zero-order valence-corrected chi connectivity index (χ0v) is 19.7. The first kappa shape index (κ1) is 24.7. The lowest BCUT2D eigenvalue weighted by molar-refractivity contribution is -0.139. The highest BCUT2D eigenvalue weighted by Gasteiger charge is 2.39. The lowest BCUT2D eigenvalue weighted by Crippen LogP contribution is -2.52. The highest BCUT2D eigenvalue weighted by molar-refractivity contribution is 8.00. The summed E-state index contributed by atoms with van der Waals surface area (Å²) in [6.07, 6.45) is 0. The molecule has 0 aliphatic carbocycles. The second-order valence-corrected chi connectivity index (χ2v) is 11.1. The summed E-state index contributed by atoms with van der Waals surface area (Å²) < 4.78 is 50.6. The number of benzene rings is 2. The van der Waals surface area contributed by atoms with Gasteiger partial charge in [0.1, 0.15) is 29.1 Å². The molecule has 0 saturated heterocycles. The van der Waals surface area contributed by atoms with Gasteiger partial charge in [-0.25, -0.2) is 12.8 Å². The van der Waals surface area contributed by atoms with Gasteiger partial charge < -0.3 is 14.4 Å². The van der Waals surface area contributed by atoms with Crippen molar-refractivity contribution in [2.45, 2.75) is 42.2 Å². The molecule has 8 nitrogen and oxygen atoms in total. The fourth-order valence-electron chi connectivity index (χ4n) is 2.87. The number of rotatable bonds is 10. The number of hydrogen-bond donors (Lipinski definition) is 2. The molecule has 0 amide bonds. The van der Waals surface area contributed by atoms with Crippen molar-refractivity contribution in [1.82, 2.24) is 9.88 Å². The summed E-state index contributed by atoms with van der Waals surface area (Å²) in [5, 5.41) is 13.6. The average Bonchev–Trinajstić information content (AvgIpc) is 3.18. The normalized spacial score (nSPS) is 13.0. The van der Waals surface area contributed by atoms with E-state index in [1.807, 2.05) is 0 Å². The summed E-state index contributed by atoms with van der Waals surface area (Å²) in [5.74, 6) is 0.00596. The van der Waals surface area contributed by atoms with E-state index >= 15 is 0 Å². The fourth-order valence-corrected chi connectivity index (χ4v) is 5.26. The van der Waals surface area contributed by atoms with Crippen LogP contribution in [0, 0.1) is 12.7 Å². The standard InChI is InChI=1S/C22H23FN2O6S2/c1-14-12-16(24-31-14)13-32-22(2,3)20(21(26)27)25-33(28,29)19-10-8-18(9-11-19)30-17-6-4-15(23)5-7-17/h4-12,20,25H,13H2,1-3H3,(H,26,27)/t20-/m0/s1. The molecular weight excluding hydrogens is 471 g/mol. The first-order valence-corrected chi connectivity index (χ1v) is 12.3. The van der Waals surface area contributed by atoms with Gasteiger partial charge in [0.15, 0.2) is 0 Å². The van der Waals surface area contributed by atoms with Crippen LogP contribution in [0.25, 0.3) is 0 Å². The molecule has 0 aliphatic rings. The zero-order valence-electron chi connectivity index (χ0n) is 18.1. The monoisotopic (exact) mass is 494 g/mol. The molecular formula is C22H23FN2O6S2. The number of ether oxygens (including phenoxy) is 1. The number of carboxylic acids is 1. The minimum absolute atomic E-state index is 0.117. The minimum Gasteiger partial charge on any atom is -0.480 e. The number of aryl methyl sites for hydroxylation is 1. The number of halogens is 1. The van der Waals surface area contributed by atoms with Crippen molar-refractivity contribution >= 4 is 27.8 Å². The number of thioether (sulfide) groups is 1. The Morgan fingerprint density at radius 3 is 2.27 bits per heavy atom. The maximum absolute atomic E-state index is 13.0. The van der Waals surface area contributed by atoms with E-state index in [1.165, 1.54) is 60.3 Å². The minimum atomic E-state index is -4.15. The number of sulfonamides is 1. The van der Waals surface area contributed by atoms with E-state index in [2.05, 4.69) is 9.88 Å². The molecule has 2 N–H and O–H groups in total. The number of aromatic nitrogens is 1. The number of carboxylic acid groups (broad SMARTS) is 1. The molecule has 0 spiro atoms. The highest BCUT2D eigenvalue weighted by atomic mass is 32.2. The third-order valence-electron chi connectivity index (χ3n) is 4.67. The van der Waals surface area contributed by atoms with Crippen molar-refractivity contribution in [1.29, 1.82) is 0 Å². The Balaban J connectivity index is 1.71. The van der Waals surface area contributed by atoms with Gasteiger partial charge in [0.05, 0.1) is 10.6 Å². The van der Waals surface area contributed by atoms with Crippen molar-refractivity contribution in [3.63, 3.8) is 0 Å². The lowest BCUT2D eigenvalue weighted by atomic mass is 10.1. The van der Waals surface area contributed by atoms with Gasteiger partial charge >= 0.3 is 5.97 Å². The Hall–Kier alpha value is -2.89. The number of hydrogen-bond acceptors (Lipinski definition) is 7. The zero-order chi connectivity index (χ0) is 24.2. The van der Waals surface area contributed by atoms with Crippen molar-refractivity contribution < 1.29 is 32.0 Å². The van der Waals surface area contributed by atoms with Crippen molar-refractivity contribution in [2.24, 2.45) is 0 Å². The molecule has 3 aromatic rings. The molecule has 0 saturated carbocycles. The van der Waals surface area contributed by atoms with Crippen LogP contribution >= 0.6 is 11.8 Å². The van der Waals surface area contributed by atoms with Crippen molar-refractivity contribution in [3.05, 3.63) is 71.9 Å². The van der Waals surface area contributed by atoms with Gasteiger partial charge in [-0.15, -0.1) is 11.8 Å². The molecule has 3 rings (SSSR count). The lowest BCUT2D eigenvalue weighted by Gasteiger charge is -2.31. The second kappa shape index (κ2) is 9.94. The predicted octanol–water partition coefficient (Wildman–Crippen LogP) is 4.36. The number of nitrogens with zero attached hydrogens (tertiary/aromatic N) is 1. The van der Waals surface area contributed by atoms with Crippen LogP contribution in [0.5, 0.6) is 11.5 Å². The number of nitrogens with one attached hydrogen (secondary N) is 1. The quantitative estimate of drug-likeness (QED) is 0.427. The molecule has 33 heavy (non-hydrogen) atoms. The molecule has 1 aromatic heterocycles. The van der Waals surface area contributed by atoms with Crippen LogP contribution in [0.1, 0.15) is 25.3 Å². The van der Waals surface area contributed by atoms with Gasteiger partial charge in [-0.3, -0.25) is 4.79 Å². The second-order valence-electron chi connectivity index (χ2n) is 7.74. The Labute approximate surface area is 195 Å². The predicted molar refractivity (Wildman–Crippen MR) is 121 cm³/mol. The molecule has 0 radical (unpaired) electrons. The molecule has 0 fully saturated rings. The van der Waals surface area contributed by atoms with Crippen LogP contribution in [0.4, 0.5) is 4.39 Å². The number of carbonyl (C=O) groups is 1. The van der Waals surface area contributed by atoms with Crippen LogP contribution in [-0.2, 0) is 20.6 Å². The van der Waals surface area contributed by atoms with Crippen molar-refractivity contribution in [2.75, 3.05) is 0 Å². The Bertz CT molecular complexity index is 1210. The van der Waals surface area contributed by atoms with Gasteiger partial charge in [0.25, 0.3) is 0 Å². The molecule has 0 bridgehead atoms. The van der Waals surface area contributed by atoms with E-state index in [0.717, 1.165) is 0 Å². The summed E-state index contributed by atoms with van der Waals surface area (Å²) in [7, 11) is -4.15. The molecule has 1 heterocycles. The first-order chi connectivity index (χ1) is 15.5. The third-order valence-corrected chi connectivity index (χ3v) is 7.53. The maximum Gasteiger partial charge on any atom is 0.323 e. The van der Waals surface area contributed by atoms with Crippen LogP contribution in [0.15, 0.2) is 64.0 Å². The summed E-state index contributed by atoms with van der Waals surface area (Å²) in [6, 6.07) is 11.2. The Morgan fingerprint density at radius 1 is 1.18 bits per heavy atom. The summed E-state index contributed by atoms with van der Waals surface area (Å²) in [4.78, 5) is 11.8. The summed E-state index contributed by atoms with van der Waals surface area (Å²) in [5.41, 5.74) is 0.634. The van der Waals surface area contributed by atoms with Gasteiger partial charge in [0.2, 0.25) is 10.0 Å². The summed E-state index contributed by atoms with van der Waals surface area (Å²) >= 11 is 1.25.